The molecule has 0 aliphatic rings. The topological polar surface area (TPSA) is 63.6 Å². The molecule has 1 aromatic carbocycles. The molecule has 0 aromatic heterocycles. The van der Waals surface area contributed by atoms with Crippen LogP contribution in [0.5, 0.6) is 11.5 Å². The number of hydrogen-bond acceptors (Lipinski definition) is 4. The lowest BCUT2D eigenvalue weighted by Crippen LogP contribution is -2.02. The Morgan fingerprint density at radius 1 is 1.33 bits per heavy atom. The number of ketones is 1. The number of aromatic hydroxyl groups is 1. The smallest absolute Gasteiger partial charge is 0.308 e. The average molecular weight is 208 g/mol. The van der Waals surface area contributed by atoms with Gasteiger partial charge in [0.25, 0.3) is 0 Å². The fraction of sp³-hybridized carbons (Fsp3) is 0.273. The summed E-state index contributed by atoms with van der Waals surface area (Å²) in [4.78, 5) is 21.5. The molecule has 0 fully saturated rings. The van der Waals surface area contributed by atoms with Gasteiger partial charge in [-0.1, -0.05) is 6.07 Å². The number of esters is 1. The van der Waals surface area contributed by atoms with E-state index in [-0.39, 0.29) is 23.7 Å². The van der Waals surface area contributed by atoms with Crippen LogP contribution in [0.2, 0.25) is 0 Å². The van der Waals surface area contributed by atoms with E-state index in [4.69, 9.17) is 4.74 Å². The Labute approximate surface area is 87.5 Å². The number of rotatable bonds is 3. The summed E-state index contributed by atoms with van der Waals surface area (Å²) in [6.07, 6.45) is 0.173. The molecular formula is C11H12O4. The number of carbonyl (C=O) groups is 2. The summed E-state index contributed by atoms with van der Waals surface area (Å²) < 4.78 is 4.77. The molecular weight excluding hydrogens is 196 g/mol. The Morgan fingerprint density at radius 3 is 2.47 bits per heavy atom. The maximum Gasteiger partial charge on any atom is 0.308 e. The average Bonchev–Trinajstić information content (AvgIpc) is 2.08. The zero-order valence-corrected chi connectivity index (χ0v) is 8.61. The van der Waals surface area contributed by atoms with Crippen molar-refractivity contribution in [1.29, 1.82) is 0 Å². The van der Waals surface area contributed by atoms with Crippen molar-refractivity contribution in [2.75, 3.05) is 0 Å². The van der Waals surface area contributed by atoms with Crippen molar-refractivity contribution in [3.8, 4) is 11.5 Å². The van der Waals surface area contributed by atoms with Crippen LogP contribution in [0.4, 0.5) is 0 Å². The largest absolute Gasteiger partial charge is 0.508 e. The van der Waals surface area contributed by atoms with E-state index in [9.17, 15) is 14.7 Å². The maximum absolute atomic E-state index is 10.8. The highest BCUT2D eigenvalue weighted by Gasteiger charge is 2.06. The van der Waals surface area contributed by atoms with E-state index in [0.717, 1.165) is 0 Å². The number of ether oxygens (including phenoxy) is 1. The lowest BCUT2D eigenvalue weighted by Gasteiger charge is -2.05. The molecule has 4 nitrogen and oxygen atoms in total. The Kier molecular flexibility index (Phi) is 3.44. The van der Waals surface area contributed by atoms with Crippen LogP contribution in [0.1, 0.15) is 19.4 Å². The molecule has 0 unspecified atom stereocenters. The molecule has 0 aliphatic heterocycles. The van der Waals surface area contributed by atoms with Crippen molar-refractivity contribution >= 4 is 11.8 Å². The second-order valence-electron chi connectivity index (χ2n) is 3.26. The second kappa shape index (κ2) is 4.59. The third-order valence-corrected chi connectivity index (χ3v) is 1.76. The van der Waals surface area contributed by atoms with Gasteiger partial charge in [-0.05, 0) is 13.0 Å². The summed E-state index contributed by atoms with van der Waals surface area (Å²) in [6, 6.07) is 4.42. The highest BCUT2D eigenvalue weighted by Crippen LogP contribution is 2.24. The minimum Gasteiger partial charge on any atom is -0.508 e. The molecule has 4 heteroatoms. The van der Waals surface area contributed by atoms with Crippen molar-refractivity contribution in [3.05, 3.63) is 23.8 Å². The molecule has 0 spiro atoms. The highest BCUT2D eigenvalue weighted by molar-refractivity contribution is 5.79. The summed E-state index contributed by atoms with van der Waals surface area (Å²) in [5, 5.41) is 9.51. The van der Waals surface area contributed by atoms with Crippen LogP contribution >= 0.6 is 0 Å². The van der Waals surface area contributed by atoms with E-state index in [1.165, 1.54) is 19.9 Å². The van der Waals surface area contributed by atoms with E-state index >= 15 is 0 Å². The molecule has 0 heterocycles. The van der Waals surface area contributed by atoms with Crippen LogP contribution in [-0.4, -0.2) is 16.9 Å². The predicted octanol–water partition coefficient (Wildman–Crippen LogP) is 1.45. The molecule has 1 N–H and O–H groups in total. The second-order valence-corrected chi connectivity index (χ2v) is 3.26. The third-order valence-electron chi connectivity index (χ3n) is 1.76. The number of phenolic OH excluding ortho intramolecular Hbond substituents is 1. The minimum atomic E-state index is -0.450. The van der Waals surface area contributed by atoms with Crippen molar-refractivity contribution in [1.82, 2.24) is 0 Å². The van der Waals surface area contributed by atoms with Gasteiger partial charge in [0, 0.05) is 25.0 Å². The van der Waals surface area contributed by atoms with Crippen LogP contribution in [0, 0.1) is 0 Å². The van der Waals surface area contributed by atoms with Gasteiger partial charge in [-0.25, -0.2) is 0 Å². The Bertz CT molecular complexity index is 396. The highest BCUT2D eigenvalue weighted by atomic mass is 16.5. The number of carbonyl (C=O) groups excluding carboxylic acids is 2. The summed E-state index contributed by atoms with van der Waals surface area (Å²) in [5.41, 5.74) is 0.526. The molecule has 0 aliphatic carbocycles. The monoisotopic (exact) mass is 208 g/mol. The standard InChI is InChI=1S/C11H12O4/c1-7(12)5-9-3-4-10(6-11(9)14)15-8(2)13/h3-4,6,14H,5H2,1-2H3. The van der Waals surface area contributed by atoms with Gasteiger partial charge in [-0.3, -0.25) is 9.59 Å². The summed E-state index contributed by atoms with van der Waals surface area (Å²) >= 11 is 0. The van der Waals surface area contributed by atoms with E-state index in [2.05, 4.69) is 0 Å². The zero-order chi connectivity index (χ0) is 11.4. The Hall–Kier alpha value is -1.84. The minimum absolute atomic E-state index is 0.0365. The molecule has 0 saturated carbocycles. The fourth-order valence-corrected chi connectivity index (χ4v) is 1.19. The molecule has 1 rings (SSSR count). The summed E-state index contributed by atoms with van der Waals surface area (Å²) in [6.45, 7) is 2.72. The van der Waals surface area contributed by atoms with E-state index in [1.54, 1.807) is 12.1 Å². The van der Waals surface area contributed by atoms with Crippen LogP contribution in [0.3, 0.4) is 0 Å². The van der Waals surface area contributed by atoms with Crippen LogP contribution < -0.4 is 4.74 Å². The van der Waals surface area contributed by atoms with Gasteiger partial charge in [0.15, 0.2) is 0 Å². The molecule has 0 radical (unpaired) electrons. The van der Waals surface area contributed by atoms with Crippen molar-refractivity contribution in [2.24, 2.45) is 0 Å². The van der Waals surface area contributed by atoms with Crippen LogP contribution in [0.25, 0.3) is 0 Å². The third kappa shape index (κ3) is 3.42. The van der Waals surface area contributed by atoms with Crippen molar-refractivity contribution in [3.63, 3.8) is 0 Å². The van der Waals surface area contributed by atoms with Gasteiger partial charge in [-0.2, -0.15) is 0 Å². The molecule has 0 saturated heterocycles. The summed E-state index contributed by atoms with van der Waals surface area (Å²) in [5.74, 6) is -0.254. The molecule has 0 bridgehead atoms. The van der Waals surface area contributed by atoms with Gasteiger partial charge in [0.1, 0.15) is 17.3 Å². The van der Waals surface area contributed by atoms with E-state index in [0.29, 0.717) is 5.56 Å². The van der Waals surface area contributed by atoms with Gasteiger partial charge in [0.05, 0.1) is 0 Å². The van der Waals surface area contributed by atoms with Crippen molar-refractivity contribution < 1.29 is 19.4 Å². The molecule has 0 atom stereocenters. The normalized spacial score (nSPS) is 9.73. The Morgan fingerprint density at radius 2 is 2.00 bits per heavy atom. The van der Waals surface area contributed by atoms with Gasteiger partial charge >= 0.3 is 5.97 Å². The maximum atomic E-state index is 10.8. The van der Waals surface area contributed by atoms with Crippen LogP contribution in [-0.2, 0) is 16.0 Å². The number of phenols is 1. The quantitative estimate of drug-likeness (QED) is 0.603. The summed E-state index contributed by atoms with van der Waals surface area (Å²) in [7, 11) is 0. The SMILES string of the molecule is CC(=O)Cc1ccc(OC(C)=O)cc1O. The Balaban J connectivity index is 2.87. The first-order valence-corrected chi connectivity index (χ1v) is 4.49. The first-order chi connectivity index (χ1) is 6.99. The van der Waals surface area contributed by atoms with Crippen molar-refractivity contribution in [2.45, 2.75) is 20.3 Å². The van der Waals surface area contributed by atoms with Gasteiger partial charge in [0.2, 0.25) is 0 Å². The molecule has 0 amide bonds. The van der Waals surface area contributed by atoms with E-state index in [1.807, 2.05) is 0 Å². The predicted molar refractivity (Wildman–Crippen MR) is 53.8 cm³/mol. The number of Topliss-reactive ketones (excluding diaryl/α,β-unsaturated/α-hetero) is 1. The molecule has 15 heavy (non-hydrogen) atoms. The van der Waals surface area contributed by atoms with E-state index < -0.39 is 5.97 Å². The zero-order valence-electron chi connectivity index (χ0n) is 8.61. The lowest BCUT2D eigenvalue weighted by atomic mass is 10.1. The number of hydrogen-bond donors (Lipinski definition) is 1. The molecule has 1 aromatic rings. The van der Waals surface area contributed by atoms with Gasteiger partial charge in [-0.15, -0.1) is 0 Å². The first kappa shape index (κ1) is 11.2. The first-order valence-electron chi connectivity index (χ1n) is 4.49. The molecule has 80 valence electrons. The van der Waals surface area contributed by atoms with Gasteiger partial charge < -0.3 is 9.84 Å². The fourth-order valence-electron chi connectivity index (χ4n) is 1.19. The lowest BCUT2D eigenvalue weighted by molar-refractivity contribution is -0.131. The van der Waals surface area contributed by atoms with Crippen LogP contribution in [0.15, 0.2) is 18.2 Å². The number of benzene rings is 1.